The van der Waals surface area contributed by atoms with Crippen molar-refractivity contribution in [3.05, 3.63) is 29.3 Å². The summed E-state index contributed by atoms with van der Waals surface area (Å²) in [5, 5.41) is 8.75. The van der Waals surface area contributed by atoms with Gasteiger partial charge in [0.15, 0.2) is 0 Å². The Bertz CT molecular complexity index is 338. The van der Waals surface area contributed by atoms with Crippen molar-refractivity contribution < 1.29 is 4.74 Å². The highest BCUT2D eigenvalue weighted by atomic mass is 16.5. The molecule has 0 aliphatic heterocycles. The smallest absolute Gasteiger partial charge is 0.119 e. The number of nitrogens with zero attached hydrogens (tertiary/aromatic N) is 1. The zero-order chi connectivity index (χ0) is 9.84. The summed E-state index contributed by atoms with van der Waals surface area (Å²) in [6.07, 6.45) is 0. The molecule has 0 amide bonds. The van der Waals surface area contributed by atoms with Gasteiger partial charge >= 0.3 is 0 Å². The van der Waals surface area contributed by atoms with E-state index >= 15 is 0 Å². The third-order valence-electron chi connectivity index (χ3n) is 2.00. The molecule has 0 heterocycles. The fraction of sp³-hybridized carbons (Fsp3) is 0.364. The van der Waals surface area contributed by atoms with Crippen LogP contribution in [0.5, 0.6) is 5.75 Å². The predicted octanol–water partition coefficient (Wildman–Crippen LogP) is 2.63. The van der Waals surface area contributed by atoms with Crippen LogP contribution >= 0.6 is 0 Å². The Morgan fingerprint density at radius 2 is 2.08 bits per heavy atom. The number of ether oxygens (including phenoxy) is 1. The second-order valence-electron chi connectivity index (χ2n) is 3.13. The largest absolute Gasteiger partial charge is 0.497 e. The number of benzene rings is 1. The van der Waals surface area contributed by atoms with Gasteiger partial charge in [0.2, 0.25) is 0 Å². The first-order valence-corrected chi connectivity index (χ1v) is 4.22. The monoisotopic (exact) mass is 175 g/mol. The summed E-state index contributed by atoms with van der Waals surface area (Å²) in [5.41, 5.74) is 2.14. The van der Waals surface area contributed by atoms with Crippen molar-refractivity contribution in [2.45, 2.75) is 19.8 Å². The molecule has 0 spiro atoms. The van der Waals surface area contributed by atoms with Crippen molar-refractivity contribution in [1.82, 2.24) is 0 Å². The number of nitriles is 1. The van der Waals surface area contributed by atoms with Gasteiger partial charge in [0.1, 0.15) is 5.75 Å². The van der Waals surface area contributed by atoms with Crippen LogP contribution in [-0.4, -0.2) is 7.11 Å². The normalized spacial score (nSPS) is 11.8. The van der Waals surface area contributed by atoms with Crippen LogP contribution in [0.1, 0.15) is 24.0 Å². The van der Waals surface area contributed by atoms with Crippen molar-refractivity contribution in [2.75, 3.05) is 7.11 Å². The van der Waals surface area contributed by atoms with E-state index in [0.717, 1.165) is 16.9 Å². The maximum Gasteiger partial charge on any atom is 0.119 e. The van der Waals surface area contributed by atoms with Gasteiger partial charge in [0, 0.05) is 0 Å². The Kier molecular flexibility index (Phi) is 2.92. The van der Waals surface area contributed by atoms with E-state index in [2.05, 4.69) is 6.07 Å². The summed E-state index contributed by atoms with van der Waals surface area (Å²) >= 11 is 0. The van der Waals surface area contributed by atoms with E-state index < -0.39 is 0 Å². The average Bonchev–Trinajstić information content (AvgIpc) is 2.15. The van der Waals surface area contributed by atoms with Gasteiger partial charge in [-0.25, -0.2) is 0 Å². The van der Waals surface area contributed by atoms with Gasteiger partial charge in [-0.3, -0.25) is 0 Å². The molecule has 0 saturated heterocycles. The lowest BCUT2D eigenvalue weighted by Gasteiger charge is -2.07. The van der Waals surface area contributed by atoms with Gasteiger partial charge in [-0.2, -0.15) is 5.26 Å². The highest BCUT2D eigenvalue weighted by molar-refractivity contribution is 5.37. The zero-order valence-electron chi connectivity index (χ0n) is 8.16. The minimum Gasteiger partial charge on any atom is -0.497 e. The summed E-state index contributed by atoms with van der Waals surface area (Å²) < 4.78 is 5.12. The van der Waals surface area contributed by atoms with Crippen LogP contribution in [-0.2, 0) is 0 Å². The standard InChI is InChI=1S/C11H13NO/c1-8-4-10(9(2)7-12)6-11(5-8)13-3/h4-6,9H,1-3H3. The highest BCUT2D eigenvalue weighted by Gasteiger charge is 2.05. The molecule has 1 aromatic rings. The lowest BCUT2D eigenvalue weighted by molar-refractivity contribution is 0.414. The lowest BCUT2D eigenvalue weighted by atomic mass is 10.0. The fourth-order valence-corrected chi connectivity index (χ4v) is 1.22. The van der Waals surface area contributed by atoms with Gasteiger partial charge in [0.25, 0.3) is 0 Å². The summed E-state index contributed by atoms with van der Waals surface area (Å²) in [7, 11) is 1.63. The molecular formula is C11H13NO. The minimum atomic E-state index is -0.0752. The molecule has 1 unspecified atom stereocenters. The Morgan fingerprint density at radius 3 is 2.62 bits per heavy atom. The molecule has 0 bridgehead atoms. The van der Waals surface area contributed by atoms with Gasteiger partial charge in [-0.05, 0) is 37.1 Å². The summed E-state index contributed by atoms with van der Waals surface area (Å²) in [5.74, 6) is 0.742. The van der Waals surface area contributed by atoms with Crippen LogP contribution in [0.15, 0.2) is 18.2 Å². The van der Waals surface area contributed by atoms with Gasteiger partial charge in [0.05, 0.1) is 19.1 Å². The van der Waals surface area contributed by atoms with Crippen molar-refractivity contribution >= 4 is 0 Å². The van der Waals surface area contributed by atoms with Crippen LogP contribution < -0.4 is 4.74 Å². The van der Waals surface area contributed by atoms with E-state index in [4.69, 9.17) is 10.00 Å². The quantitative estimate of drug-likeness (QED) is 0.692. The molecule has 1 aromatic carbocycles. The zero-order valence-corrected chi connectivity index (χ0v) is 8.16. The average molecular weight is 175 g/mol. The van der Waals surface area contributed by atoms with Crippen LogP contribution in [0.2, 0.25) is 0 Å². The second-order valence-corrected chi connectivity index (χ2v) is 3.13. The molecule has 0 N–H and O–H groups in total. The first kappa shape index (κ1) is 9.60. The van der Waals surface area contributed by atoms with E-state index in [1.165, 1.54) is 0 Å². The molecule has 68 valence electrons. The first-order chi connectivity index (χ1) is 6.17. The molecule has 0 radical (unpaired) electrons. The van der Waals surface area contributed by atoms with Crippen molar-refractivity contribution in [3.63, 3.8) is 0 Å². The topological polar surface area (TPSA) is 33.0 Å². The maximum absolute atomic E-state index is 8.75. The molecule has 13 heavy (non-hydrogen) atoms. The SMILES string of the molecule is COc1cc(C)cc(C(C)C#N)c1. The molecule has 0 aliphatic rings. The number of hydrogen-bond donors (Lipinski definition) is 0. The van der Waals surface area contributed by atoms with Crippen LogP contribution in [0, 0.1) is 18.3 Å². The molecule has 0 saturated carbocycles. The second kappa shape index (κ2) is 3.95. The highest BCUT2D eigenvalue weighted by Crippen LogP contribution is 2.22. The fourth-order valence-electron chi connectivity index (χ4n) is 1.22. The number of hydrogen-bond acceptors (Lipinski definition) is 2. The molecule has 0 fully saturated rings. The van der Waals surface area contributed by atoms with Crippen molar-refractivity contribution in [2.24, 2.45) is 0 Å². The summed E-state index contributed by atoms with van der Waals surface area (Å²) in [6, 6.07) is 8.07. The molecule has 1 rings (SSSR count). The third kappa shape index (κ3) is 2.22. The van der Waals surface area contributed by atoms with Crippen LogP contribution in [0.4, 0.5) is 0 Å². The van der Waals surface area contributed by atoms with Crippen molar-refractivity contribution in [3.8, 4) is 11.8 Å². The Hall–Kier alpha value is -1.49. The predicted molar refractivity (Wildman–Crippen MR) is 51.8 cm³/mol. The Morgan fingerprint density at radius 1 is 1.38 bits per heavy atom. The molecule has 1 atom stereocenters. The Balaban J connectivity index is 3.10. The summed E-state index contributed by atoms with van der Waals surface area (Å²) in [6.45, 7) is 3.88. The van der Waals surface area contributed by atoms with Crippen LogP contribution in [0.25, 0.3) is 0 Å². The van der Waals surface area contributed by atoms with E-state index in [0.29, 0.717) is 0 Å². The number of aryl methyl sites for hydroxylation is 1. The van der Waals surface area contributed by atoms with E-state index in [1.807, 2.05) is 32.0 Å². The van der Waals surface area contributed by atoms with E-state index in [-0.39, 0.29) is 5.92 Å². The van der Waals surface area contributed by atoms with E-state index in [9.17, 15) is 0 Å². The Labute approximate surface area is 78.8 Å². The molecule has 0 aromatic heterocycles. The molecular weight excluding hydrogens is 162 g/mol. The number of rotatable bonds is 2. The minimum absolute atomic E-state index is 0.0752. The third-order valence-corrected chi connectivity index (χ3v) is 2.00. The first-order valence-electron chi connectivity index (χ1n) is 4.22. The van der Waals surface area contributed by atoms with E-state index in [1.54, 1.807) is 7.11 Å². The van der Waals surface area contributed by atoms with Gasteiger partial charge in [-0.15, -0.1) is 0 Å². The lowest BCUT2D eigenvalue weighted by Crippen LogP contribution is -1.92. The van der Waals surface area contributed by atoms with Gasteiger partial charge in [-0.1, -0.05) is 6.07 Å². The molecule has 2 nitrogen and oxygen atoms in total. The molecule has 0 aliphatic carbocycles. The van der Waals surface area contributed by atoms with Crippen molar-refractivity contribution in [1.29, 1.82) is 5.26 Å². The molecule has 2 heteroatoms. The number of methoxy groups -OCH3 is 1. The summed E-state index contributed by atoms with van der Waals surface area (Å²) in [4.78, 5) is 0. The van der Waals surface area contributed by atoms with Crippen LogP contribution in [0.3, 0.4) is 0 Å². The van der Waals surface area contributed by atoms with Gasteiger partial charge < -0.3 is 4.74 Å². The maximum atomic E-state index is 8.75.